The second kappa shape index (κ2) is 4.37. The van der Waals surface area contributed by atoms with Gasteiger partial charge in [0.25, 0.3) is 0 Å². The Kier molecular flexibility index (Phi) is 3.07. The fourth-order valence-electron chi connectivity index (χ4n) is 1.41. The number of hydrogen-bond donors (Lipinski definition) is 0. The molecule has 0 fully saturated rings. The minimum absolute atomic E-state index is 0.252. The van der Waals surface area contributed by atoms with E-state index < -0.39 is 11.7 Å². The third-order valence-corrected chi connectivity index (χ3v) is 2.44. The molecule has 2 rings (SSSR count). The predicted molar refractivity (Wildman–Crippen MR) is 59.7 cm³/mol. The van der Waals surface area contributed by atoms with E-state index in [1.165, 1.54) is 0 Å². The molecule has 0 aliphatic heterocycles. The van der Waals surface area contributed by atoms with E-state index >= 15 is 0 Å². The van der Waals surface area contributed by atoms with Crippen molar-refractivity contribution in [2.75, 3.05) is 0 Å². The average Bonchev–Trinajstić information content (AvgIpc) is 2.28. The summed E-state index contributed by atoms with van der Waals surface area (Å²) in [5, 5.41) is 0.460. The molecule has 0 N–H and O–H groups in total. The molecule has 1 nitrogen and oxygen atoms in total. The molecule has 0 aliphatic carbocycles. The first-order valence-corrected chi connectivity index (χ1v) is 5.14. The lowest BCUT2D eigenvalue weighted by Gasteiger charge is -2.08. The Bertz CT molecular complexity index is 537. The molecule has 0 saturated heterocycles. The molecule has 0 amide bonds. The van der Waals surface area contributed by atoms with Crippen LogP contribution in [0.25, 0.3) is 11.3 Å². The van der Waals surface area contributed by atoms with Gasteiger partial charge in [-0.2, -0.15) is 13.2 Å². The largest absolute Gasteiger partial charge is 0.416 e. The molecule has 88 valence electrons. The van der Waals surface area contributed by atoms with E-state index in [2.05, 4.69) is 4.98 Å². The quantitative estimate of drug-likeness (QED) is 0.737. The maximum absolute atomic E-state index is 12.5. The number of aromatic nitrogens is 1. The van der Waals surface area contributed by atoms with Crippen molar-refractivity contribution in [1.82, 2.24) is 4.98 Å². The molecule has 17 heavy (non-hydrogen) atoms. The Morgan fingerprint density at radius 3 is 2.47 bits per heavy atom. The topological polar surface area (TPSA) is 12.9 Å². The van der Waals surface area contributed by atoms with Gasteiger partial charge in [0.2, 0.25) is 0 Å². The van der Waals surface area contributed by atoms with Crippen LogP contribution in [0.15, 0.2) is 42.6 Å². The van der Waals surface area contributed by atoms with Gasteiger partial charge in [-0.1, -0.05) is 23.7 Å². The van der Waals surface area contributed by atoms with Gasteiger partial charge in [0.05, 0.1) is 11.3 Å². The molecule has 0 spiro atoms. The van der Waals surface area contributed by atoms with Crippen LogP contribution in [0.2, 0.25) is 5.02 Å². The van der Waals surface area contributed by atoms with Crippen molar-refractivity contribution < 1.29 is 13.2 Å². The van der Waals surface area contributed by atoms with E-state index in [9.17, 15) is 13.2 Å². The first-order valence-electron chi connectivity index (χ1n) is 4.76. The SMILES string of the molecule is FC(F)(F)c1ccnc(-c2cccc(Cl)c2)c1. The van der Waals surface area contributed by atoms with Crippen molar-refractivity contribution in [3.8, 4) is 11.3 Å². The summed E-state index contributed by atoms with van der Waals surface area (Å²) in [5.74, 6) is 0. The van der Waals surface area contributed by atoms with Crippen LogP contribution in [0.5, 0.6) is 0 Å². The van der Waals surface area contributed by atoms with E-state index in [1.807, 2.05) is 0 Å². The normalized spacial score (nSPS) is 11.5. The van der Waals surface area contributed by atoms with Crippen LogP contribution >= 0.6 is 11.6 Å². The van der Waals surface area contributed by atoms with Gasteiger partial charge in [-0.15, -0.1) is 0 Å². The Hall–Kier alpha value is -1.55. The summed E-state index contributed by atoms with van der Waals surface area (Å²) in [5.41, 5.74) is 0.0911. The average molecular weight is 258 g/mol. The minimum Gasteiger partial charge on any atom is -0.256 e. The van der Waals surface area contributed by atoms with Crippen molar-refractivity contribution in [2.24, 2.45) is 0 Å². The van der Waals surface area contributed by atoms with Crippen LogP contribution in [0.4, 0.5) is 13.2 Å². The third-order valence-electron chi connectivity index (χ3n) is 2.21. The summed E-state index contributed by atoms with van der Waals surface area (Å²) in [4.78, 5) is 3.91. The number of benzene rings is 1. The van der Waals surface area contributed by atoms with Gasteiger partial charge < -0.3 is 0 Å². The number of rotatable bonds is 1. The molecule has 2 aromatic rings. The Labute approximate surface area is 101 Å². The van der Waals surface area contributed by atoms with E-state index in [0.29, 0.717) is 10.6 Å². The maximum atomic E-state index is 12.5. The summed E-state index contributed by atoms with van der Waals surface area (Å²) in [6.07, 6.45) is -3.23. The van der Waals surface area contributed by atoms with Gasteiger partial charge in [-0.25, -0.2) is 0 Å². The molecule has 0 saturated carbocycles. The molecule has 0 aliphatic rings. The fraction of sp³-hybridized carbons (Fsp3) is 0.0833. The highest BCUT2D eigenvalue weighted by Gasteiger charge is 2.30. The third kappa shape index (κ3) is 2.77. The maximum Gasteiger partial charge on any atom is 0.416 e. The Morgan fingerprint density at radius 2 is 1.82 bits per heavy atom. The van der Waals surface area contributed by atoms with Crippen LogP contribution in [0.3, 0.4) is 0 Å². The standard InChI is InChI=1S/C12H7ClF3N/c13-10-3-1-2-8(6-10)11-7-9(4-5-17-11)12(14,15)16/h1-7H. The molecule has 0 atom stereocenters. The van der Waals surface area contributed by atoms with Crippen molar-refractivity contribution in [3.63, 3.8) is 0 Å². The summed E-state index contributed by atoms with van der Waals surface area (Å²) in [6, 6.07) is 8.50. The number of halogens is 4. The second-order valence-electron chi connectivity index (χ2n) is 3.44. The zero-order valence-electron chi connectivity index (χ0n) is 8.50. The predicted octanol–water partition coefficient (Wildman–Crippen LogP) is 4.42. The molecule has 1 heterocycles. The summed E-state index contributed by atoms with van der Waals surface area (Å²) in [7, 11) is 0. The summed E-state index contributed by atoms with van der Waals surface area (Å²) in [6.45, 7) is 0. The number of nitrogens with zero attached hydrogens (tertiary/aromatic N) is 1. The zero-order chi connectivity index (χ0) is 12.5. The van der Waals surface area contributed by atoms with Crippen LogP contribution in [0, 0.1) is 0 Å². The lowest BCUT2D eigenvalue weighted by atomic mass is 10.1. The van der Waals surface area contributed by atoms with Gasteiger partial charge >= 0.3 is 6.18 Å². The monoisotopic (exact) mass is 257 g/mol. The van der Waals surface area contributed by atoms with Gasteiger partial charge in [0, 0.05) is 16.8 Å². The van der Waals surface area contributed by atoms with Gasteiger partial charge in [-0.05, 0) is 24.3 Å². The molecule has 1 aromatic heterocycles. The smallest absolute Gasteiger partial charge is 0.256 e. The Morgan fingerprint density at radius 1 is 1.06 bits per heavy atom. The number of pyridine rings is 1. The number of hydrogen-bond acceptors (Lipinski definition) is 1. The van der Waals surface area contributed by atoms with E-state index in [4.69, 9.17) is 11.6 Å². The minimum atomic E-state index is -4.36. The lowest BCUT2D eigenvalue weighted by Crippen LogP contribution is -2.05. The second-order valence-corrected chi connectivity index (χ2v) is 3.87. The highest BCUT2D eigenvalue weighted by molar-refractivity contribution is 6.30. The van der Waals surface area contributed by atoms with Crippen molar-refractivity contribution in [3.05, 3.63) is 53.2 Å². The van der Waals surface area contributed by atoms with Crippen molar-refractivity contribution in [2.45, 2.75) is 6.18 Å². The summed E-state index contributed by atoms with van der Waals surface area (Å²) < 4.78 is 37.5. The van der Waals surface area contributed by atoms with E-state index in [0.717, 1.165) is 18.3 Å². The van der Waals surface area contributed by atoms with Crippen LogP contribution < -0.4 is 0 Å². The molecule has 5 heteroatoms. The molecule has 0 unspecified atom stereocenters. The Balaban J connectivity index is 2.47. The molecular formula is C12H7ClF3N. The van der Waals surface area contributed by atoms with E-state index in [1.54, 1.807) is 24.3 Å². The zero-order valence-corrected chi connectivity index (χ0v) is 9.26. The number of alkyl halides is 3. The molecule has 0 bridgehead atoms. The van der Waals surface area contributed by atoms with Gasteiger partial charge in [-0.3, -0.25) is 4.98 Å². The van der Waals surface area contributed by atoms with Crippen LogP contribution in [-0.4, -0.2) is 4.98 Å². The van der Waals surface area contributed by atoms with Gasteiger partial charge in [0.15, 0.2) is 0 Å². The first-order chi connectivity index (χ1) is 7.97. The highest BCUT2D eigenvalue weighted by atomic mass is 35.5. The van der Waals surface area contributed by atoms with Gasteiger partial charge in [0.1, 0.15) is 0 Å². The fourth-order valence-corrected chi connectivity index (χ4v) is 1.60. The highest BCUT2D eigenvalue weighted by Crippen LogP contribution is 2.31. The van der Waals surface area contributed by atoms with Crippen molar-refractivity contribution in [1.29, 1.82) is 0 Å². The molecule has 1 aromatic carbocycles. The van der Waals surface area contributed by atoms with Crippen LogP contribution in [0.1, 0.15) is 5.56 Å². The first kappa shape index (κ1) is 11.9. The lowest BCUT2D eigenvalue weighted by molar-refractivity contribution is -0.137. The van der Waals surface area contributed by atoms with Crippen molar-refractivity contribution >= 4 is 11.6 Å². The van der Waals surface area contributed by atoms with Crippen LogP contribution in [-0.2, 0) is 6.18 Å². The van der Waals surface area contributed by atoms with E-state index in [-0.39, 0.29) is 5.69 Å². The molecular weight excluding hydrogens is 251 g/mol. The summed E-state index contributed by atoms with van der Waals surface area (Å²) >= 11 is 5.77. The molecule has 0 radical (unpaired) electrons.